The molecule has 0 aliphatic carbocycles. The molecule has 0 aliphatic rings. The Kier molecular flexibility index (Phi) is 2.71. The summed E-state index contributed by atoms with van der Waals surface area (Å²) in [6, 6.07) is 6.07. The smallest absolute Gasteiger partial charge is 0.298 e. The largest absolute Gasteiger partial charge is 0.419 e. The van der Waals surface area contributed by atoms with E-state index in [1.54, 1.807) is 0 Å². The summed E-state index contributed by atoms with van der Waals surface area (Å²) >= 11 is 0. The van der Waals surface area contributed by atoms with Gasteiger partial charge in [-0.1, -0.05) is 0 Å². The zero-order valence-electron chi connectivity index (χ0n) is 8.48. The lowest BCUT2D eigenvalue weighted by Crippen LogP contribution is -2.03. The van der Waals surface area contributed by atoms with Crippen molar-refractivity contribution in [2.45, 2.75) is 6.18 Å². The average Bonchev–Trinajstić information content (AvgIpc) is 2.78. The molecule has 0 N–H and O–H groups in total. The zero-order valence-corrected chi connectivity index (χ0v) is 8.48. The third-order valence-corrected chi connectivity index (χ3v) is 2.20. The van der Waals surface area contributed by atoms with Gasteiger partial charge in [-0.2, -0.15) is 18.3 Å². The van der Waals surface area contributed by atoms with Gasteiger partial charge in [-0.25, -0.2) is 4.68 Å². The molecule has 0 radical (unpaired) electrons. The van der Waals surface area contributed by atoms with Gasteiger partial charge in [0, 0.05) is 11.8 Å². The number of carbonyl (C=O) groups is 1. The number of benzene rings is 1. The minimum absolute atomic E-state index is 0.456. The third kappa shape index (κ3) is 2.35. The van der Waals surface area contributed by atoms with E-state index in [4.69, 9.17) is 0 Å². The maximum absolute atomic E-state index is 12.3. The van der Waals surface area contributed by atoms with E-state index in [1.807, 2.05) is 0 Å². The van der Waals surface area contributed by atoms with E-state index in [2.05, 4.69) is 5.10 Å². The molecule has 1 heterocycles. The SMILES string of the molecule is O=Cc1ccc(-n2cc(C(F)(F)F)cn2)cc1. The van der Waals surface area contributed by atoms with Crippen molar-refractivity contribution in [3.05, 3.63) is 47.8 Å². The second-order valence-electron chi connectivity index (χ2n) is 3.38. The normalized spacial score (nSPS) is 11.5. The van der Waals surface area contributed by atoms with E-state index in [1.165, 1.54) is 24.3 Å². The number of aromatic nitrogens is 2. The highest BCUT2D eigenvalue weighted by Crippen LogP contribution is 2.29. The van der Waals surface area contributed by atoms with Gasteiger partial charge in [-0.3, -0.25) is 4.79 Å². The second kappa shape index (κ2) is 4.04. The van der Waals surface area contributed by atoms with Gasteiger partial charge < -0.3 is 0 Å². The maximum Gasteiger partial charge on any atom is 0.419 e. The van der Waals surface area contributed by atoms with Crippen LogP contribution in [0.1, 0.15) is 15.9 Å². The fraction of sp³-hybridized carbons (Fsp3) is 0.0909. The van der Waals surface area contributed by atoms with E-state index in [9.17, 15) is 18.0 Å². The Morgan fingerprint density at radius 1 is 1.18 bits per heavy atom. The summed E-state index contributed by atoms with van der Waals surface area (Å²) < 4.78 is 38.1. The lowest BCUT2D eigenvalue weighted by atomic mass is 10.2. The van der Waals surface area contributed by atoms with Gasteiger partial charge in [0.15, 0.2) is 0 Å². The van der Waals surface area contributed by atoms with Gasteiger partial charge in [0.1, 0.15) is 6.29 Å². The Bertz CT molecular complexity index is 528. The van der Waals surface area contributed by atoms with E-state index < -0.39 is 11.7 Å². The van der Waals surface area contributed by atoms with E-state index in [0.29, 0.717) is 17.5 Å². The highest BCUT2D eigenvalue weighted by atomic mass is 19.4. The van der Waals surface area contributed by atoms with Crippen molar-refractivity contribution in [2.24, 2.45) is 0 Å². The molecule has 0 aliphatic heterocycles. The van der Waals surface area contributed by atoms with Gasteiger partial charge in [-0.15, -0.1) is 0 Å². The number of hydrogen-bond acceptors (Lipinski definition) is 2. The van der Waals surface area contributed by atoms with Crippen molar-refractivity contribution >= 4 is 6.29 Å². The number of alkyl halides is 3. The first-order valence-electron chi connectivity index (χ1n) is 4.68. The first-order valence-corrected chi connectivity index (χ1v) is 4.68. The van der Waals surface area contributed by atoms with Crippen LogP contribution in [-0.4, -0.2) is 16.1 Å². The van der Waals surface area contributed by atoms with Crippen LogP contribution < -0.4 is 0 Å². The first-order chi connectivity index (χ1) is 8.00. The van der Waals surface area contributed by atoms with Crippen molar-refractivity contribution in [3.63, 3.8) is 0 Å². The number of carbonyl (C=O) groups excluding carboxylic acids is 1. The summed E-state index contributed by atoms with van der Waals surface area (Å²) in [5.41, 5.74) is 0.111. The number of halogens is 3. The highest BCUT2D eigenvalue weighted by molar-refractivity contribution is 5.75. The minimum Gasteiger partial charge on any atom is -0.298 e. The lowest BCUT2D eigenvalue weighted by molar-refractivity contribution is -0.137. The molecule has 0 saturated carbocycles. The van der Waals surface area contributed by atoms with Crippen LogP contribution in [0.3, 0.4) is 0 Å². The molecule has 1 aromatic carbocycles. The molecule has 88 valence electrons. The number of rotatable bonds is 2. The number of nitrogens with zero attached hydrogens (tertiary/aromatic N) is 2. The zero-order chi connectivity index (χ0) is 12.5. The fourth-order valence-corrected chi connectivity index (χ4v) is 1.32. The predicted molar refractivity (Wildman–Crippen MR) is 54.0 cm³/mol. The standard InChI is InChI=1S/C11H7F3N2O/c12-11(13,14)9-5-15-16(6-9)10-3-1-8(7-17)2-4-10/h1-7H. The summed E-state index contributed by atoms with van der Waals surface area (Å²) in [7, 11) is 0. The summed E-state index contributed by atoms with van der Waals surface area (Å²) in [4.78, 5) is 10.4. The second-order valence-corrected chi connectivity index (χ2v) is 3.38. The molecule has 6 heteroatoms. The van der Waals surface area contributed by atoms with Crippen LogP contribution >= 0.6 is 0 Å². The van der Waals surface area contributed by atoms with Crippen molar-refractivity contribution in [1.82, 2.24) is 9.78 Å². The molecule has 1 aromatic heterocycles. The molecule has 0 atom stereocenters. The van der Waals surface area contributed by atoms with Crippen LogP contribution in [0.4, 0.5) is 13.2 Å². The Morgan fingerprint density at radius 2 is 1.82 bits per heavy atom. The molecule has 0 spiro atoms. The third-order valence-electron chi connectivity index (χ3n) is 2.20. The van der Waals surface area contributed by atoms with Crippen LogP contribution in [0, 0.1) is 0 Å². The van der Waals surface area contributed by atoms with Gasteiger partial charge in [0.05, 0.1) is 17.4 Å². The topological polar surface area (TPSA) is 34.9 Å². The molecule has 0 unspecified atom stereocenters. The Labute approximate surface area is 94.5 Å². The summed E-state index contributed by atoms with van der Waals surface area (Å²) in [6.45, 7) is 0. The molecular formula is C11H7F3N2O. The molecule has 0 saturated heterocycles. The molecule has 0 fully saturated rings. The van der Waals surface area contributed by atoms with Crippen LogP contribution in [0.25, 0.3) is 5.69 Å². The summed E-state index contributed by atoms with van der Waals surface area (Å²) in [5, 5.41) is 3.62. The van der Waals surface area contributed by atoms with E-state index in [-0.39, 0.29) is 0 Å². The quantitative estimate of drug-likeness (QED) is 0.756. The molecule has 17 heavy (non-hydrogen) atoms. The van der Waals surface area contributed by atoms with Crippen molar-refractivity contribution < 1.29 is 18.0 Å². The molecule has 2 aromatic rings. The Balaban J connectivity index is 2.33. The summed E-state index contributed by atoms with van der Waals surface area (Å²) in [5.74, 6) is 0. The van der Waals surface area contributed by atoms with Crippen LogP contribution in [0.5, 0.6) is 0 Å². The first kappa shape index (κ1) is 11.4. The predicted octanol–water partition coefficient (Wildman–Crippen LogP) is 2.70. The monoisotopic (exact) mass is 240 g/mol. The molecule has 2 rings (SSSR count). The van der Waals surface area contributed by atoms with Crippen LogP contribution in [0.15, 0.2) is 36.7 Å². The molecule has 0 amide bonds. The van der Waals surface area contributed by atoms with E-state index >= 15 is 0 Å². The molecule has 0 bridgehead atoms. The molecule has 3 nitrogen and oxygen atoms in total. The number of hydrogen-bond donors (Lipinski definition) is 0. The van der Waals surface area contributed by atoms with Crippen LogP contribution in [0.2, 0.25) is 0 Å². The lowest BCUT2D eigenvalue weighted by Gasteiger charge is -2.02. The number of aldehydes is 1. The maximum atomic E-state index is 12.3. The van der Waals surface area contributed by atoms with Gasteiger partial charge in [0.2, 0.25) is 0 Å². The van der Waals surface area contributed by atoms with Gasteiger partial charge in [0.25, 0.3) is 0 Å². The molecular weight excluding hydrogens is 233 g/mol. The van der Waals surface area contributed by atoms with Crippen molar-refractivity contribution in [1.29, 1.82) is 0 Å². The fourth-order valence-electron chi connectivity index (χ4n) is 1.32. The Morgan fingerprint density at radius 3 is 2.29 bits per heavy atom. The van der Waals surface area contributed by atoms with Gasteiger partial charge in [-0.05, 0) is 24.3 Å². The van der Waals surface area contributed by atoms with Gasteiger partial charge >= 0.3 is 6.18 Å². The average molecular weight is 240 g/mol. The van der Waals surface area contributed by atoms with E-state index in [0.717, 1.165) is 17.1 Å². The van der Waals surface area contributed by atoms with Crippen LogP contribution in [-0.2, 0) is 6.18 Å². The van der Waals surface area contributed by atoms with Crippen molar-refractivity contribution in [3.8, 4) is 5.69 Å². The highest BCUT2D eigenvalue weighted by Gasteiger charge is 2.32. The van der Waals surface area contributed by atoms with Crippen molar-refractivity contribution in [2.75, 3.05) is 0 Å². The minimum atomic E-state index is -4.40. The summed E-state index contributed by atoms with van der Waals surface area (Å²) in [6.07, 6.45) is -2.08. The Hall–Kier alpha value is -2.11.